The number of hydrogen-bond donors (Lipinski definition) is 6. The maximum atomic E-state index is 13.1. The van der Waals surface area contributed by atoms with E-state index in [0.29, 0.717) is 17.9 Å². The second-order valence-electron chi connectivity index (χ2n) is 9.10. The smallest absolute Gasteiger partial charge is 0.477 e. The number of aliphatic carboxylic acids is 2. The van der Waals surface area contributed by atoms with Crippen LogP contribution >= 0.6 is 35.1 Å². The highest BCUT2D eigenvalue weighted by molar-refractivity contribution is 8.03. The van der Waals surface area contributed by atoms with Crippen molar-refractivity contribution in [3.63, 3.8) is 0 Å². The number of hydrogen-bond acceptors (Lipinski definition) is 16. The number of thioether (sulfide) groups is 2. The van der Waals surface area contributed by atoms with Crippen LogP contribution in [0.3, 0.4) is 0 Å². The molecule has 1 fully saturated rings. The highest BCUT2D eigenvalue weighted by atomic mass is 32.2. The molecule has 5 rings (SSSR count). The van der Waals surface area contributed by atoms with Crippen molar-refractivity contribution in [3.8, 4) is 0 Å². The molecule has 248 valence electrons. The maximum Gasteiger partial charge on any atom is 0.490 e. The van der Waals surface area contributed by atoms with Crippen LogP contribution in [-0.2, 0) is 24.0 Å². The van der Waals surface area contributed by atoms with E-state index in [-0.39, 0.29) is 28.9 Å². The summed E-state index contributed by atoms with van der Waals surface area (Å²) in [5, 5.41) is 25.8. The zero-order valence-corrected chi connectivity index (χ0v) is 25.9. The Labute approximate surface area is 270 Å². The third kappa shape index (κ3) is 7.48. The highest BCUT2D eigenvalue weighted by Crippen LogP contribution is 2.41. The van der Waals surface area contributed by atoms with Crippen molar-refractivity contribution >= 4 is 69.7 Å². The SMILES string of the molecule is CO/N=C(\C(=O)N[C@@H]1C(=O)N2C(C(=O)O)=C(CN3C=CN4NC(SCCN)=CC=C34)CS[C@@H]12)c1nsc(N)n1.O=C(O)C(F)(F)F. The number of carboxylic acids is 2. The summed E-state index contributed by atoms with van der Waals surface area (Å²) >= 11 is 3.85. The minimum absolute atomic E-state index is 0.0376. The van der Waals surface area contributed by atoms with Crippen LogP contribution in [-0.4, -0.2) is 113 Å². The molecule has 0 saturated carbocycles. The molecule has 0 bridgehead atoms. The van der Waals surface area contributed by atoms with Gasteiger partial charge in [0.25, 0.3) is 11.8 Å². The molecule has 0 aliphatic carbocycles. The van der Waals surface area contributed by atoms with Crippen molar-refractivity contribution in [1.29, 1.82) is 0 Å². The van der Waals surface area contributed by atoms with E-state index < -0.39 is 41.3 Å². The quantitative estimate of drug-likeness (QED) is 0.105. The first-order valence-corrected chi connectivity index (χ1v) is 15.5. The number of nitrogens with two attached hydrogens (primary N) is 2. The first-order chi connectivity index (χ1) is 21.8. The van der Waals surface area contributed by atoms with Crippen LogP contribution < -0.4 is 22.2 Å². The van der Waals surface area contributed by atoms with Crippen molar-refractivity contribution in [2.45, 2.75) is 17.6 Å². The van der Waals surface area contributed by atoms with Gasteiger partial charge in [-0.05, 0) is 17.7 Å². The summed E-state index contributed by atoms with van der Waals surface area (Å²) in [4.78, 5) is 59.0. The zero-order valence-electron chi connectivity index (χ0n) is 23.4. The van der Waals surface area contributed by atoms with Crippen LogP contribution in [0.4, 0.5) is 18.3 Å². The van der Waals surface area contributed by atoms with Crippen molar-refractivity contribution in [2.24, 2.45) is 10.9 Å². The monoisotopic (exact) mass is 706 g/mol. The maximum absolute atomic E-state index is 13.1. The van der Waals surface area contributed by atoms with Crippen molar-refractivity contribution < 1.29 is 47.4 Å². The van der Waals surface area contributed by atoms with Gasteiger partial charge >= 0.3 is 18.1 Å². The number of nitrogens with one attached hydrogen (secondary N) is 2. The van der Waals surface area contributed by atoms with Crippen LogP contribution in [0.2, 0.25) is 0 Å². The van der Waals surface area contributed by atoms with E-state index in [0.717, 1.165) is 28.1 Å². The minimum atomic E-state index is -5.08. The Balaban J connectivity index is 0.000000617. The van der Waals surface area contributed by atoms with Crippen LogP contribution in [0, 0.1) is 0 Å². The number of allylic oxidation sites excluding steroid dienone is 2. The normalized spacial score (nSPS) is 20.4. The van der Waals surface area contributed by atoms with Crippen molar-refractivity contribution in [2.75, 3.05) is 37.4 Å². The number of nitrogen functional groups attached to an aromatic ring is 1. The number of anilines is 1. The Kier molecular flexibility index (Phi) is 10.7. The number of amides is 2. The number of carboxylic acid groups (broad SMARTS) is 2. The van der Waals surface area contributed by atoms with Gasteiger partial charge in [0.05, 0.1) is 5.03 Å². The number of carbonyl (C=O) groups is 4. The molecule has 2 atom stereocenters. The Morgan fingerprint density at radius 2 is 2.00 bits per heavy atom. The predicted molar refractivity (Wildman–Crippen MR) is 160 cm³/mol. The molecule has 4 aliphatic rings. The Morgan fingerprint density at radius 3 is 2.59 bits per heavy atom. The number of fused-ring (bicyclic) bond motifs is 2. The summed E-state index contributed by atoms with van der Waals surface area (Å²) < 4.78 is 35.7. The average molecular weight is 707 g/mol. The number of nitrogens with zero attached hydrogens (tertiary/aromatic N) is 6. The lowest BCUT2D eigenvalue weighted by molar-refractivity contribution is -0.192. The Bertz CT molecular complexity index is 1560. The molecule has 1 saturated heterocycles. The van der Waals surface area contributed by atoms with Gasteiger partial charge in [0.15, 0.2) is 5.13 Å². The van der Waals surface area contributed by atoms with Crippen LogP contribution in [0.5, 0.6) is 0 Å². The van der Waals surface area contributed by atoms with Crippen molar-refractivity contribution in [1.82, 2.24) is 34.9 Å². The van der Waals surface area contributed by atoms with Crippen molar-refractivity contribution in [3.05, 3.63) is 52.5 Å². The molecular formula is C23H25F3N10O7S3. The number of carbonyl (C=O) groups excluding carboxylic acids is 2. The molecule has 23 heteroatoms. The Hall–Kier alpha value is -4.48. The number of hydrazine groups is 1. The number of alkyl halides is 3. The van der Waals surface area contributed by atoms with Gasteiger partial charge in [0.1, 0.15) is 30.0 Å². The van der Waals surface area contributed by atoms with Gasteiger partial charge in [0, 0.05) is 48.5 Å². The second-order valence-corrected chi connectivity index (χ2v) is 12.1. The molecule has 5 heterocycles. The molecule has 2 amide bonds. The molecule has 0 radical (unpaired) electrons. The minimum Gasteiger partial charge on any atom is -0.477 e. The summed E-state index contributed by atoms with van der Waals surface area (Å²) in [5.41, 5.74) is 14.7. The number of halogens is 3. The van der Waals surface area contributed by atoms with E-state index in [2.05, 4.69) is 25.3 Å². The predicted octanol–water partition coefficient (Wildman–Crippen LogP) is -0.176. The van der Waals surface area contributed by atoms with Gasteiger partial charge in [-0.2, -0.15) is 22.5 Å². The lowest BCUT2D eigenvalue weighted by Crippen LogP contribution is -2.71. The fraction of sp³-hybridized carbons (Fsp3) is 0.348. The molecule has 46 heavy (non-hydrogen) atoms. The summed E-state index contributed by atoms with van der Waals surface area (Å²) in [7, 11) is 1.26. The topological polar surface area (TPSA) is 242 Å². The fourth-order valence-electron chi connectivity index (χ4n) is 4.22. The number of rotatable bonds is 10. The number of aromatic nitrogens is 2. The van der Waals surface area contributed by atoms with Crippen LogP contribution in [0.25, 0.3) is 0 Å². The third-order valence-electron chi connectivity index (χ3n) is 6.12. The van der Waals surface area contributed by atoms with Gasteiger partial charge in [-0.15, -0.1) is 23.5 Å². The van der Waals surface area contributed by atoms with Crippen LogP contribution in [0.15, 0.2) is 51.8 Å². The number of oxime groups is 1. The summed E-state index contributed by atoms with van der Waals surface area (Å²) in [6, 6.07) is -0.960. The first-order valence-electron chi connectivity index (χ1n) is 12.7. The largest absolute Gasteiger partial charge is 0.490 e. The third-order valence-corrected chi connectivity index (χ3v) is 8.98. The second kappa shape index (κ2) is 14.3. The van der Waals surface area contributed by atoms with E-state index in [9.17, 15) is 32.7 Å². The lowest BCUT2D eigenvalue weighted by atomic mass is 10.0. The molecule has 17 nitrogen and oxygen atoms in total. The fourth-order valence-corrected chi connectivity index (χ4v) is 6.66. The molecular weight excluding hydrogens is 682 g/mol. The van der Waals surface area contributed by atoms with E-state index in [1.807, 2.05) is 34.5 Å². The first kappa shape index (κ1) is 34.4. The molecule has 0 spiro atoms. The molecule has 1 aromatic heterocycles. The molecule has 4 aliphatic heterocycles. The lowest BCUT2D eigenvalue weighted by Gasteiger charge is -2.49. The summed E-state index contributed by atoms with van der Waals surface area (Å²) in [5.74, 6) is -3.35. The van der Waals surface area contributed by atoms with E-state index in [1.54, 1.807) is 11.8 Å². The zero-order chi connectivity index (χ0) is 33.8. The van der Waals surface area contributed by atoms with Gasteiger partial charge in [-0.1, -0.05) is 5.16 Å². The van der Waals surface area contributed by atoms with Gasteiger partial charge in [0.2, 0.25) is 11.5 Å². The summed E-state index contributed by atoms with van der Waals surface area (Å²) in [6.45, 7) is 0.830. The van der Waals surface area contributed by atoms with E-state index >= 15 is 0 Å². The molecule has 0 aromatic carbocycles. The standard InChI is InChI=1S/C21H24N10O5S3.C2HF3O2/c1-36-27-13(16-25-21(23)39-28-16)17(32)24-14-18(33)31-15(20(34)35)10(9-38-19(14)31)8-29-5-6-30-12(29)3-2-11(26-30)37-7-4-22;3-2(4,5)1(6)7/h2-3,5-6,14,19,26H,4,7-9,22H2,1H3,(H,24,32)(H,34,35)(H2,23,25,28);(H,6,7)/b27-13-;/t14-,19+;/m1./s1. The Morgan fingerprint density at radius 1 is 1.28 bits per heavy atom. The highest BCUT2D eigenvalue weighted by Gasteiger charge is 2.54. The van der Waals surface area contributed by atoms with E-state index in [4.69, 9.17) is 26.2 Å². The average Bonchev–Trinajstić information content (AvgIpc) is 3.62. The molecule has 0 unspecified atom stereocenters. The molecule has 1 aromatic rings. The van der Waals surface area contributed by atoms with Gasteiger partial charge in [-0.25, -0.2) is 14.6 Å². The summed E-state index contributed by atoms with van der Waals surface area (Å²) in [6.07, 6.45) is 2.46. The van der Waals surface area contributed by atoms with Gasteiger partial charge < -0.3 is 36.7 Å². The van der Waals surface area contributed by atoms with Crippen LogP contribution in [0.1, 0.15) is 5.82 Å². The van der Waals surface area contributed by atoms with E-state index in [1.165, 1.54) is 23.8 Å². The van der Waals surface area contributed by atoms with Gasteiger partial charge in [-0.3, -0.25) is 19.9 Å². The number of β-lactam (4-membered cyclic amide) rings is 1. The molecule has 8 N–H and O–H groups in total.